The monoisotopic (exact) mass is 525 g/mol. The fourth-order valence-corrected chi connectivity index (χ4v) is 5.11. The molecule has 0 bridgehead atoms. The van der Waals surface area contributed by atoms with Crippen LogP contribution in [0.25, 0.3) is 0 Å². The number of aliphatic hydroxyl groups is 1. The summed E-state index contributed by atoms with van der Waals surface area (Å²) in [7, 11) is 0. The molecule has 9 nitrogen and oxygen atoms in total. The van der Waals surface area contributed by atoms with E-state index < -0.39 is 18.1 Å². The van der Waals surface area contributed by atoms with Crippen molar-refractivity contribution in [3.63, 3.8) is 0 Å². The van der Waals surface area contributed by atoms with E-state index in [1.54, 1.807) is 12.3 Å². The van der Waals surface area contributed by atoms with E-state index in [1.165, 1.54) is 6.20 Å². The number of carbonyl (C=O) groups is 2. The lowest BCUT2D eigenvalue weighted by Crippen LogP contribution is -2.46. The number of aliphatic hydroxyl groups excluding tert-OH is 1. The molecule has 0 radical (unpaired) electrons. The Kier molecular flexibility index (Phi) is 10.3. The molecule has 1 aromatic heterocycles. The van der Waals surface area contributed by atoms with E-state index >= 15 is 0 Å². The van der Waals surface area contributed by atoms with E-state index in [0.29, 0.717) is 43.2 Å². The highest BCUT2D eigenvalue weighted by atomic mass is 16.6. The number of rotatable bonds is 14. The quantitative estimate of drug-likeness (QED) is 0.319. The standard InChI is InChI=1S/C29H39N3O6/c33-27(9-5-3-1-2-4-8-21-16-23(29(35)36)19-30-18-21)31-24(20-32-12-6-7-13-32)28(34)22-10-11-25-26(17-22)38-15-14-37-25/h10-11,16-19,24,28,34H,1-9,12-15,20H2,(H,31,33)(H,35,36)/t24-,28-/m1/s1. The molecule has 1 aromatic carbocycles. The molecule has 0 spiro atoms. The number of ether oxygens (including phenoxy) is 2. The Labute approximate surface area is 224 Å². The molecule has 3 N–H and O–H groups in total. The Bertz CT molecular complexity index is 1070. The first-order valence-corrected chi connectivity index (χ1v) is 13.8. The number of aromatic carboxylic acids is 1. The number of fused-ring (bicyclic) bond motifs is 1. The zero-order valence-electron chi connectivity index (χ0n) is 21.9. The maximum absolute atomic E-state index is 12.8. The second kappa shape index (κ2) is 14.1. The summed E-state index contributed by atoms with van der Waals surface area (Å²) in [5.41, 5.74) is 1.86. The molecular formula is C29H39N3O6. The van der Waals surface area contributed by atoms with Gasteiger partial charge in [0, 0.05) is 25.4 Å². The molecule has 1 amide bonds. The van der Waals surface area contributed by atoms with Gasteiger partial charge < -0.3 is 29.9 Å². The van der Waals surface area contributed by atoms with Crippen LogP contribution in [-0.4, -0.2) is 70.9 Å². The third-order valence-corrected chi connectivity index (χ3v) is 7.20. The molecular weight excluding hydrogens is 486 g/mol. The van der Waals surface area contributed by atoms with Crippen molar-refractivity contribution in [2.45, 2.75) is 69.9 Å². The van der Waals surface area contributed by atoms with Crippen LogP contribution in [0.4, 0.5) is 0 Å². The van der Waals surface area contributed by atoms with Gasteiger partial charge in [-0.15, -0.1) is 0 Å². The molecule has 38 heavy (non-hydrogen) atoms. The van der Waals surface area contributed by atoms with Gasteiger partial charge in [0.2, 0.25) is 5.91 Å². The highest BCUT2D eigenvalue weighted by Gasteiger charge is 2.27. The summed E-state index contributed by atoms with van der Waals surface area (Å²) >= 11 is 0. The minimum atomic E-state index is -0.959. The van der Waals surface area contributed by atoms with Crippen LogP contribution in [-0.2, 0) is 11.2 Å². The first-order valence-electron chi connectivity index (χ1n) is 13.8. The first-order chi connectivity index (χ1) is 18.5. The molecule has 2 atom stereocenters. The summed E-state index contributed by atoms with van der Waals surface area (Å²) in [5, 5.41) is 23.4. The molecule has 1 fully saturated rings. The summed E-state index contributed by atoms with van der Waals surface area (Å²) in [6.45, 7) is 3.57. The van der Waals surface area contributed by atoms with Crippen LogP contribution < -0.4 is 14.8 Å². The predicted molar refractivity (Wildman–Crippen MR) is 143 cm³/mol. The Morgan fingerprint density at radius 1 is 0.974 bits per heavy atom. The van der Waals surface area contributed by atoms with Crippen LogP contribution in [0.3, 0.4) is 0 Å². The number of benzene rings is 1. The largest absolute Gasteiger partial charge is 0.486 e. The van der Waals surface area contributed by atoms with Crippen LogP contribution in [0.1, 0.15) is 79.0 Å². The number of aryl methyl sites for hydroxylation is 1. The second-order valence-corrected chi connectivity index (χ2v) is 10.2. The second-order valence-electron chi connectivity index (χ2n) is 10.2. The molecule has 0 saturated carbocycles. The smallest absolute Gasteiger partial charge is 0.337 e. The molecule has 2 aliphatic heterocycles. The maximum atomic E-state index is 12.8. The van der Waals surface area contributed by atoms with E-state index in [2.05, 4.69) is 15.2 Å². The van der Waals surface area contributed by atoms with Crippen molar-refractivity contribution in [3.8, 4) is 11.5 Å². The number of hydrogen-bond acceptors (Lipinski definition) is 7. The van der Waals surface area contributed by atoms with Crippen LogP contribution in [0.15, 0.2) is 36.7 Å². The molecule has 2 aromatic rings. The van der Waals surface area contributed by atoms with Crippen molar-refractivity contribution in [3.05, 3.63) is 53.3 Å². The molecule has 1 saturated heterocycles. The molecule has 206 valence electrons. The van der Waals surface area contributed by atoms with Crippen molar-refractivity contribution >= 4 is 11.9 Å². The number of nitrogens with zero attached hydrogens (tertiary/aromatic N) is 2. The normalized spacial score (nSPS) is 16.7. The number of hydrogen-bond donors (Lipinski definition) is 3. The van der Waals surface area contributed by atoms with Crippen molar-refractivity contribution < 1.29 is 29.3 Å². The minimum Gasteiger partial charge on any atom is -0.486 e. The highest BCUT2D eigenvalue weighted by molar-refractivity contribution is 5.87. The maximum Gasteiger partial charge on any atom is 0.337 e. The SMILES string of the molecule is O=C(CCCCCCCc1cncc(C(=O)O)c1)N[C@H](CN1CCCC1)[C@H](O)c1ccc2c(c1)OCCO2. The number of carboxylic acid groups (broad SMARTS) is 1. The zero-order chi connectivity index (χ0) is 26.7. The number of carboxylic acids is 1. The number of pyridine rings is 1. The fraction of sp³-hybridized carbons (Fsp3) is 0.552. The van der Waals surface area contributed by atoms with E-state index in [0.717, 1.165) is 70.0 Å². The minimum absolute atomic E-state index is 0.0395. The summed E-state index contributed by atoms with van der Waals surface area (Å²) in [6, 6.07) is 6.75. The van der Waals surface area contributed by atoms with Gasteiger partial charge in [-0.05, 0) is 74.5 Å². The number of nitrogens with one attached hydrogen (secondary N) is 1. The van der Waals surface area contributed by atoms with Gasteiger partial charge in [-0.1, -0.05) is 25.3 Å². The molecule has 0 aliphatic carbocycles. The van der Waals surface area contributed by atoms with E-state index in [1.807, 2.05) is 18.2 Å². The first kappa shape index (κ1) is 27.9. The van der Waals surface area contributed by atoms with Crippen LogP contribution >= 0.6 is 0 Å². The molecule has 2 aliphatic rings. The Hall–Kier alpha value is -3.17. The molecule has 4 rings (SSSR count). The summed E-state index contributed by atoms with van der Waals surface area (Å²) in [6.07, 6.45) is 10.5. The average Bonchev–Trinajstić information content (AvgIpc) is 3.45. The summed E-state index contributed by atoms with van der Waals surface area (Å²) in [4.78, 5) is 30.2. The van der Waals surface area contributed by atoms with Crippen molar-refractivity contribution in [2.24, 2.45) is 0 Å². The van der Waals surface area contributed by atoms with Crippen LogP contribution in [0.2, 0.25) is 0 Å². The van der Waals surface area contributed by atoms with Gasteiger partial charge in [0.05, 0.1) is 11.6 Å². The van der Waals surface area contributed by atoms with Gasteiger partial charge in [0.25, 0.3) is 0 Å². The molecule has 9 heteroatoms. The number of likely N-dealkylation sites (tertiary alicyclic amines) is 1. The predicted octanol–water partition coefficient (Wildman–Crippen LogP) is 3.75. The van der Waals surface area contributed by atoms with E-state index in [9.17, 15) is 14.7 Å². The Balaban J connectivity index is 1.21. The fourth-order valence-electron chi connectivity index (χ4n) is 5.11. The van der Waals surface area contributed by atoms with Gasteiger partial charge in [-0.3, -0.25) is 9.78 Å². The van der Waals surface area contributed by atoms with E-state index in [4.69, 9.17) is 14.6 Å². The van der Waals surface area contributed by atoms with Gasteiger partial charge in [0.15, 0.2) is 11.5 Å². The van der Waals surface area contributed by atoms with Crippen LogP contribution in [0.5, 0.6) is 11.5 Å². The lowest BCUT2D eigenvalue weighted by Gasteiger charge is -2.29. The summed E-state index contributed by atoms with van der Waals surface area (Å²) in [5.74, 6) is 0.309. The van der Waals surface area contributed by atoms with Gasteiger partial charge >= 0.3 is 5.97 Å². The molecule has 0 unspecified atom stereocenters. The number of unbranched alkanes of at least 4 members (excludes halogenated alkanes) is 4. The Morgan fingerprint density at radius 2 is 1.71 bits per heavy atom. The molecule has 3 heterocycles. The lowest BCUT2D eigenvalue weighted by atomic mass is 10.0. The Morgan fingerprint density at radius 3 is 2.50 bits per heavy atom. The van der Waals surface area contributed by atoms with Gasteiger partial charge in [0.1, 0.15) is 19.3 Å². The average molecular weight is 526 g/mol. The van der Waals surface area contributed by atoms with Gasteiger partial charge in [-0.25, -0.2) is 4.79 Å². The zero-order valence-corrected chi connectivity index (χ0v) is 21.9. The third-order valence-electron chi connectivity index (χ3n) is 7.20. The van der Waals surface area contributed by atoms with Crippen molar-refractivity contribution in [1.29, 1.82) is 0 Å². The van der Waals surface area contributed by atoms with E-state index in [-0.39, 0.29) is 11.5 Å². The van der Waals surface area contributed by atoms with Gasteiger partial charge in [-0.2, -0.15) is 0 Å². The number of amides is 1. The topological polar surface area (TPSA) is 121 Å². The van der Waals surface area contributed by atoms with Crippen molar-refractivity contribution in [1.82, 2.24) is 15.2 Å². The number of aromatic nitrogens is 1. The third kappa shape index (κ3) is 8.16. The highest BCUT2D eigenvalue weighted by Crippen LogP contribution is 2.33. The summed E-state index contributed by atoms with van der Waals surface area (Å²) < 4.78 is 11.3. The lowest BCUT2D eigenvalue weighted by molar-refractivity contribution is -0.123. The van der Waals surface area contributed by atoms with Crippen molar-refractivity contribution in [2.75, 3.05) is 32.8 Å². The number of carbonyl (C=O) groups excluding carboxylic acids is 1. The van der Waals surface area contributed by atoms with Crippen LogP contribution in [0, 0.1) is 0 Å².